The lowest BCUT2D eigenvalue weighted by Crippen LogP contribution is -2.44. The normalized spacial score (nSPS) is 24.4. The van der Waals surface area contributed by atoms with Crippen LogP contribution in [0, 0.1) is 12.3 Å². The Labute approximate surface area is 222 Å². The molecule has 1 aromatic rings. The third kappa shape index (κ3) is 6.72. The molecule has 1 aromatic heterocycles. The Morgan fingerprint density at radius 1 is 1.16 bits per heavy atom. The SMILES string of the molecule is Cc1c(CC2=CCC(S(C)(F)(F)(F)F)C=C2)c(C(C)C)nc2c1C(O[Si](C)(C)C(C)(C)C)CC(C)(C)C2. The zero-order valence-corrected chi connectivity index (χ0v) is 26.4. The standard InChI is InChI=1S/C29H47F4NOSSi/c1-19(2)27-23(16-21-12-14-22(15-13-21)36(9,30,31,32)33)20(3)26-24(34-27)17-29(7,8)18-25(26)35-37(10,11)28(4,5)6/h12-14,19,22,25H,15-18H2,1-11H3. The van der Waals surface area contributed by atoms with E-state index in [1.165, 1.54) is 11.6 Å². The quantitative estimate of drug-likeness (QED) is 0.255. The molecule has 212 valence electrons. The van der Waals surface area contributed by atoms with Crippen LogP contribution in [0.15, 0.2) is 23.8 Å². The Balaban J connectivity index is 2.06. The summed E-state index contributed by atoms with van der Waals surface area (Å²) in [6.07, 6.45) is 5.71. The summed E-state index contributed by atoms with van der Waals surface area (Å²) in [6, 6.07) is 0. The molecule has 0 saturated heterocycles. The molecular formula is C29H47F4NOSSi. The molecule has 0 fully saturated rings. The van der Waals surface area contributed by atoms with E-state index in [9.17, 15) is 15.5 Å². The van der Waals surface area contributed by atoms with Crippen molar-refractivity contribution in [2.24, 2.45) is 5.41 Å². The average Bonchev–Trinajstić information content (AvgIpc) is 2.66. The molecule has 0 spiro atoms. The minimum atomic E-state index is -8.07. The smallest absolute Gasteiger partial charge is 0.192 e. The Bertz CT molecular complexity index is 1130. The van der Waals surface area contributed by atoms with Crippen molar-refractivity contribution in [2.75, 3.05) is 6.26 Å². The van der Waals surface area contributed by atoms with Gasteiger partial charge in [-0.15, -0.1) is 15.5 Å². The van der Waals surface area contributed by atoms with Crippen LogP contribution in [0.25, 0.3) is 0 Å². The van der Waals surface area contributed by atoms with E-state index in [-0.39, 0.29) is 35.2 Å². The van der Waals surface area contributed by atoms with Crippen LogP contribution in [0.2, 0.25) is 18.1 Å². The van der Waals surface area contributed by atoms with Gasteiger partial charge in [-0.1, -0.05) is 66.7 Å². The van der Waals surface area contributed by atoms with Gasteiger partial charge in [-0.25, -0.2) is 0 Å². The monoisotopic (exact) mass is 561 g/mol. The summed E-state index contributed by atoms with van der Waals surface area (Å²) in [6.45, 7) is 22.2. The summed E-state index contributed by atoms with van der Waals surface area (Å²) in [5.41, 5.74) is 6.29. The van der Waals surface area contributed by atoms with Gasteiger partial charge < -0.3 is 4.43 Å². The first-order valence-electron chi connectivity index (χ1n) is 13.4. The highest BCUT2D eigenvalue weighted by Gasteiger charge is 2.63. The molecule has 3 rings (SSSR count). The molecule has 2 aliphatic carbocycles. The molecule has 0 bridgehead atoms. The maximum absolute atomic E-state index is 14.0. The predicted octanol–water partition coefficient (Wildman–Crippen LogP) is 10.4. The summed E-state index contributed by atoms with van der Waals surface area (Å²) in [7, 11) is -10.1. The first-order valence-corrected chi connectivity index (χ1v) is 18.8. The molecule has 0 N–H and O–H groups in total. The molecule has 0 radical (unpaired) electrons. The number of aromatic nitrogens is 1. The third-order valence-electron chi connectivity index (χ3n) is 8.51. The second kappa shape index (κ2) is 8.69. The number of hydrogen-bond acceptors (Lipinski definition) is 2. The van der Waals surface area contributed by atoms with Crippen molar-refractivity contribution in [1.82, 2.24) is 4.98 Å². The summed E-state index contributed by atoms with van der Waals surface area (Å²) < 4.78 is 62.9. The average molecular weight is 562 g/mol. The summed E-state index contributed by atoms with van der Waals surface area (Å²) in [5.74, 6) is 0.166. The number of hydrogen-bond donors (Lipinski definition) is 0. The van der Waals surface area contributed by atoms with Gasteiger partial charge in [-0.2, -0.15) is 0 Å². The van der Waals surface area contributed by atoms with E-state index in [0.717, 1.165) is 47.0 Å². The topological polar surface area (TPSA) is 22.1 Å². The van der Waals surface area contributed by atoms with Crippen molar-refractivity contribution in [2.45, 2.75) is 116 Å². The molecule has 0 aliphatic heterocycles. The Kier molecular flexibility index (Phi) is 7.14. The van der Waals surface area contributed by atoms with Crippen molar-refractivity contribution < 1.29 is 20.0 Å². The van der Waals surface area contributed by atoms with E-state index in [1.54, 1.807) is 6.08 Å². The molecule has 2 unspecified atom stereocenters. The number of nitrogens with zero attached hydrogens (tertiary/aromatic N) is 1. The molecule has 0 aromatic carbocycles. The van der Waals surface area contributed by atoms with Crippen LogP contribution >= 0.6 is 9.84 Å². The highest BCUT2D eigenvalue weighted by molar-refractivity contribution is 8.49. The second-order valence-corrected chi connectivity index (χ2v) is 22.7. The molecule has 8 heteroatoms. The molecule has 1 heterocycles. The highest BCUT2D eigenvalue weighted by atomic mass is 32.5. The molecule has 0 amide bonds. The van der Waals surface area contributed by atoms with Gasteiger partial charge in [0.05, 0.1) is 11.4 Å². The summed E-state index contributed by atoms with van der Waals surface area (Å²) >= 11 is 0. The second-order valence-electron chi connectivity index (χ2n) is 14.2. The fourth-order valence-corrected chi connectivity index (χ4v) is 7.61. The van der Waals surface area contributed by atoms with Gasteiger partial charge in [0.2, 0.25) is 0 Å². The zero-order valence-electron chi connectivity index (χ0n) is 24.6. The van der Waals surface area contributed by atoms with Crippen LogP contribution < -0.4 is 0 Å². The molecule has 2 atom stereocenters. The maximum Gasteiger partial charge on any atom is 0.192 e. The van der Waals surface area contributed by atoms with Crippen molar-refractivity contribution >= 4 is 18.2 Å². The molecule has 2 aliphatic rings. The predicted molar refractivity (Wildman–Crippen MR) is 153 cm³/mol. The highest BCUT2D eigenvalue weighted by Crippen LogP contribution is 2.97. The lowest BCUT2D eigenvalue weighted by atomic mass is 9.72. The minimum absolute atomic E-state index is 0.0538. The van der Waals surface area contributed by atoms with Gasteiger partial charge in [-0.3, -0.25) is 4.98 Å². The van der Waals surface area contributed by atoms with E-state index in [1.807, 2.05) is 0 Å². The fraction of sp³-hybridized carbons (Fsp3) is 0.690. The van der Waals surface area contributed by atoms with Crippen LogP contribution in [0.5, 0.6) is 0 Å². The molecule has 2 nitrogen and oxygen atoms in total. The van der Waals surface area contributed by atoms with E-state index >= 15 is 0 Å². The Morgan fingerprint density at radius 3 is 2.22 bits per heavy atom. The van der Waals surface area contributed by atoms with Gasteiger partial charge in [0.15, 0.2) is 18.2 Å². The van der Waals surface area contributed by atoms with Crippen LogP contribution in [-0.4, -0.2) is 24.8 Å². The van der Waals surface area contributed by atoms with Crippen LogP contribution in [0.1, 0.15) is 101 Å². The summed E-state index contributed by atoms with van der Waals surface area (Å²) in [4.78, 5) is 5.20. The minimum Gasteiger partial charge on any atom is -0.410 e. The number of allylic oxidation sites excluding steroid dienone is 3. The van der Waals surface area contributed by atoms with E-state index < -0.39 is 23.4 Å². The van der Waals surface area contributed by atoms with E-state index in [0.29, 0.717) is 6.42 Å². The van der Waals surface area contributed by atoms with Crippen molar-refractivity contribution in [3.05, 3.63) is 51.9 Å². The van der Waals surface area contributed by atoms with Crippen LogP contribution in [0.3, 0.4) is 0 Å². The first-order chi connectivity index (χ1) is 16.3. The largest absolute Gasteiger partial charge is 0.410 e. The maximum atomic E-state index is 14.0. The van der Waals surface area contributed by atoms with Crippen molar-refractivity contribution in [3.63, 3.8) is 0 Å². The van der Waals surface area contributed by atoms with E-state index in [4.69, 9.17) is 9.41 Å². The first kappa shape index (κ1) is 30.4. The molecule has 0 saturated carbocycles. The summed E-state index contributed by atoms with van der Waals surface area (Å²) in [5, 5.41) is -1.97. The zero-order chi connectivity index (χ0) is 28.5. The number of halogens is 4. The van der Waals surface area contributed by atoms with Crippen molar-refractivity contribution in [3.8, 4) is 0 Å². The number of fused-ring (bicyclic) bond motifs is 1. The number of pyridine rings is 1. The lowest BCUT2D eigenvalue weighted by molar-refractivity contribution is 0.105. The Morgan fingerprint density at radius 2 is 1.76 bits per heavy atom. The molecular weight excluding hydrogens is 514 g/mol. The Hall–Kier alpha value is -1.12. The van der Waals surface area contributed by atoms with Gasteiger partial charge in [-0.05, 0) is 78.8 Å². The van der Waals surface area contributed by atoms with Crippen molar-refractivity contribution in [1.29, 1.82) is 0 Å². The third-order valence-corrected chi connectivity index (χ3v) is 14.9. The fourth-order valence-electron chi connectivity index (χ4n) is 5.29. The van der Waals surface area contributed by atoms with E-state index in [2.05, 4.69) is 68.5 Å². The van der Waals surface area contributed by atoms with Crippen LogP contribution in [-0.2, 0) is 17.3 Å². The van der Waals surface area contributed by atoms with Gasteiger partial charge in [0.1, 0.15) is 0 Å². The van der Waals surface area contributed by atoms with Gasteiger partial charge in [0, 0.05) is 23.2 Å². The lowest BCUT2D eigenvalue weighted by Gasteiger charge is -2.51. The number of rotatable bonds is 6. The van der Waals surface area contributed by atoms with Crippen LogP contribution in [0.4, 0.5) is 15.5 Å². The van der Waals surface area contributed by atoms with Gasteiger partial charge >= 0.3 is 0 Å². The van der Waals surface area contributed by atoms with Gasteiger partial charge in [0.25, 0.3) is 0 Å². The molecule has 37 heavy (non-hydrogen) atoms.